The van der Waals surface area contributed by atoms with Crippen LogP contribution in [-0.2, 0) is 6.42 Å². The molecule has 0 heterocycles. The zero-order valence-electron chi connectivity index (χ0n) is 15.4. The van der Waals surface area contributed by atoms with Crippen LogP contribution in [0.25, 0.3) is 0 Å². The number of ether oxygens (including phenoxy) is 4. The molecule has 0 unspecified atom stereocenters. The standard InChI is InChI=1S/C19H32O4/c1-6-9-10-11-12-13-15-14-16(22-7-2)18(20-4)19(21-5)17(15)23-8-3/h14H,6-13H2,1-5H3. The third-order valence-corrected chi connectivity index (χ3v) is 3.78. The zero-order chi connectivity index (χ0) is 17.1. The van der Waals surface area contributed by atoms with Gasteiger partial charge in [-0.05, 0) is 32.8 Å². The Hall–Kier alpha value is -1.58. The van der Waals surface area contributed by atoms with E-state index in [-0.39, 0.29) is 0 Å². The predicted octanol–water partition coefficient (Wildman–Crippen LogP) is 5.01. The maximum atomic E-state index is 5.85. The molecule has 0 atom stereocenters. The van der Waals surface area contributed by atoms with Crippen molar-refractivity contribution in [1.29, 1.82) is 0 Å². The first-order valence-electron chi connectivity index (χ1n) is 8.76. The average Bonchev–Trinajstić information content (AvgIpc) is 2.56. The molecule has 0 fully saturated rings. The fourth-order valence-electron chi connectivity index (χ4n) is 2.70. The molecule has 0 N–H and O–H groups in total. The normalized spacial score (nSPS) is 10.5. The summed E-state index contributed by atoms with van der Waals surface area (Å²) in [5.41, 5.74) is 1.13. The van der Waals surface area contributed by atoms with E-state index in [0.717, 1.165) is 29.9 Å². The first-order chi connectivity index (χ1) is 11.2. The molecule has 0 aliphatic carbocycles. The van der Waals surface area contributed by atoms with Crippen molar-refractivity contribution < 1.29 is 18.9 Å². The Morgan fingerprint density at radius 2 is 1.39 bits per heavy atom. The van der Waals surface area contributed by atoms with Crippen molar-refractivity contribution in [1.82, 2.24) is 0 Å². The Kier molecular flexibility index (Phi) is 9.34. The fraction of sp³-hybridized carbons (Fsp3) is 0.684. The molecule has 0 saturated carbocycles. The van der Waals surface area contributed by atoms with Crippen molar-refractivity contribution in [2.75, 3.05) is 27.4 Å². The number of unbranched alkanes of at least 4 members (excludes halogenated alkanes) is 4. The van der Waals surface area contributed by atoms with Crippen LogP contribution in [0.1, 0.15) is 58.4 Å². The van der Waals surface area contributed by atoms with E-state index in [1.807, 2.05) is 19.9 Å². The molecule has 132 valence electrons. The van der Waals surface area contributed by atoms with E-state index in [1.54, 1.807) is 14.2 Å². The first-order valence-corrected chi connectivity index (χ1v) is 8.76. The van der Waals surface area contributed by atoms with E-state index in [9.17, 15) is 0 Å². The Morgan fingerprint density at radius 1 is 0.739 bits per heavy atom. The highest BCUT2D eigenvalue weighted by molar-refractivity contribution is 5.63. The van der Waals surface area contributed by atoms with Gasteiger partial charge in [-0.2, -0.15) is 0 Å². The van der Waals surface area contributed by atoms with Gasteiger partial charge in [0.05, 0.1) is 27.4 Å². The summed E-state index contributed by atoms with van der Waals surface area (Å²) < 4.78 is 22.6. The second kappa shape index (κ2) is 11.0. The van der Waals surface area contributed by atoms with Crippen molar-refractivity contribution in [3.63, 3.8) is 0 Å². The summed E-state index contributed by atoms with van der Waals surface area (Å²) in [5, 5.41) is 0. The van der Waals surface area contributed by atoms with Crippen molar-refractivity contribution in [2.45, 2.75) is 59.3 Å². The Labute approximate surface area is 141 Å². The summed E-state index contributed by atoms with van der Waals surface area (Å²) in [6.45, 7) is 7.36. The number of benzene rings is 1. The molecule has 0 radical (unpaired) electrons. The molecule has 0 bridgehead atoms. The van der Waals surface area contributed by atoms with Gasteiger partial charge in [-0.3, -0.25) is 0 Å². The molecule has 1 aromatic rings. The number of methoxy groups -OCH3 is 2. The minimum Gasteiger partial charge on any atom is -0.490 e. The van der Waals surface area contributed by atoms with Gasteiger partial charge < -0.3 is 18.9 Å². The second-order valence-electron chi connectivity index (χ2n) is 5.46. The number of rotatable bonds is 12. The van der Waals surface area contributed by atoms with Crippen LogP contribution in [0.3, 0.4) is 0 Å². The van der Waals surface area contributed by atoms with E-state index in [1.165, 1.54) is 25.7 Å². The van der Waals surface area contributed by atoms with Gasteiger partial charge in [0.15, 0.2) is 11.5 Å². The summed E-state index contributed by atoms with van der Waals surface area (Å²) in [4.78, 5) is 0. The van der Waals surface area contributed by atoms with E-state index >= 15 is 0 Å². The summed E-state index contributed by atoms with van der Waals surface area (Å²) in [6, 6.07) is 2.04. The molecule has 4 heteroatoms. The van der Waals surface area contributed by atoms with E-state index in [4.69, 9.17) is 18.9 Å². The smallest absolute Gasteiger partial charge is 0.207 e. The highest BCUT2D eigenvalue weighted by Crippen LogP contribution is 2.47. The van der Waals surface area contributed by atoms with Gasteiger partial charge in [0, 0.05) is 5.56 Å². The van der Waals surface area contributed by atoms with Crippen LogP contribution in [-0.4, -0.2) is 27.4 Å². The monoisotopic (exact) mass is 324 g/mol. The van der Waals surface area contributed by atoms with Crippen LogP contribution < -0.4 is 18.9 Å². The molecule has 4 nitrogen and oxygen atoms in total. The maximum absolute atomic E-state index is 5.85. The van der Waals surface area contributed by atoms with Crippen molar-refractivity contribution in [3.05, 3.63) is 11.6 Å². The summed E-state index contributed by atoms with van der Waals surface area (Å²) >= 11 is 0. The summed E-state index contributed by atoms with van der Waals surface area (Å²) in [6.07, 6.45) is 7.17. The Bertz CT molecular complexity index is 457. The molecule has 0 aliphatic heterocycles. The molecule has 0 amide bonds. The maximum Gasteiger partial charge on any atom is 0.207 e. The largest absolute Gasteiger partial charge is 0.490 e. The third kappa shape index (κ3) is 5.52. The van der Waals surface area contributed by atoms with Gasteiger partial charge >= 0.3 is 0 Å². The lowest BCUT2D eigenvalue weighted by atomic mass is 10.0. The van der Waals surface area contributed by atoms with Crippen molar-refractivity contribution in [3.8, 4) is 23.0 Å². The van der Waals surface area contributed by atoms with Crippen molar-refractivity contribution in [2.24, 2.45) is 0 Å². The quantitative estimate of drug-likeness (QED) is 0.506. The highest BCUT2D eigenvalue weighted by Gasteiger charge is 2.21. The van der Waals surface area contributed by atoms with Gasteiger partial charge in [0.1, 0.15) is 0 Å². The van der Waals surface area contributed by atoms with E-state index < -0.39 is 0 Å². The van der Waals surface area contributed by atoms with Crippen LogP contribution >= 0.6 is 0 Å². The second-order valence-corrected chi connectivity index (χ2v) is 5.46. The third-order valence-electron chi connectivity index (χ3n) is 3.78. The van der Waals surface area contributed by atoms with Crippen LogP contribution in [0.15, 0.2) is 6.07 Å². The minimum absolute atomic E-state index is 0.587. The summed E-state index contributed by atoms with van der Waals surface area (Å²) in [7, 11) is 3.27. The van der Waals surface area contributed by atoms with Crippen LogP contribution in [0.2, 0.25) is 0 Å². The molecular formula is C19H32O4. The van der Waals surface area contributed by atoms with Crippen LogP contribution in [0.5, 0.6) is 23.0 Å². The van der Waals surface area contributed by atoms with Crippen LogP contribution in [0.4, 0.5) is 0 Å². The molecule has 1 aromatic carbocycles. The highest BCUT2D eigenvalue weighted by atomic mass is 16.5. The summed E-state index contributed by atoms with van der Waals surface area (Å²) in [5.74, 6) is 2.74. The lowest BCUT2D eigenvalue weighted by Gasteiger charge is -2.20. The van der Waals surface area contributed by atoms with Gasteiger partial charge in [0.2, 0.25) is 11.5 Å². The SMILES string of the molecule is CCCCCCCc1cc(OCC)c(OC)c(OC)c1OCC. The van der Waals surface area contributed by atoms with Crippen molar-refractivity contribution >= 4 is 0 Å². The molecule has 1 rings (SSSR count). The molecule has 0 aliphatic rings. The lowest BCUT2D eigenvalue weighted by Crippen LogP contribution is -2.05. The molecule has 23 heavy (non-hydrogen) atoms. The minimum atomic E-state index is 0.587. The van der Waals surface area contributed by atoms with E-state index in [2.05, 4.69) is 6.92 Å². The fourth-order valence-corrected chi connectivity index (χ4v) is 2.70. The van der Waals surface area contributed by atoms with Gasteiger partial charge in [-0.1, -0.05) is 32.6 Å². The van der Waals surface area contributed by atoms with Gasteiger partial charge in [-0.25, -0.2) is 0 Å². The van der Waals surface area contributed by atoms with E-state index in [0.29, 0.717) is 24.7 Å². The molecule has 0 saturated heterocycles. The predicted molar refractivity (Wildman–Crippen MR) is 94.3 cm³/mol. The topological polar surface area (TPSA) is 36.9 Å². The van der Waals surface area contributed by atoms with Gasteiger partial charge in [-0.15, -0.1) is 0 Å². The molecular weight excluding hydrogens is 292 g/mol. The number of aryl methyl sites for hydroxylation is 1. The first kappa shape index (κ1) is 19.5. The van der Waals surface area contributed by atoms with Gasteiger partial charge in [0.25, 0.3) is 0 Å². The average molecular weight is 324 g/mol. The number of hydrogen-bond acceptors (Lipinski definition) is 4. The Morgan fingerprint density at radius 3 is 1.96 bits per heavy atom. The lowest BCUT2D eigenvalue weighted by molar-refractivity contribution is 0.274. The molecule has 0 aromatic heterocycles. The molecule has 0 spiro atoms. The number of hydrogen-bond donors (Lipinski definition) is 0. The van der Waals surface area contributed by atoms with Crippen LogP contribution in [0, 0.1) is 0 Å². The zero-order valence-corrected chi connectivity index (χ0v) is 15.4. The Balaban J connectivity index is 3.06.